The molecule has 0 aliphatic rings. The van der Waals surface area contributed by atoms with Crippen molar-refractivity contribution in [3.63, 3.8) is 0 Å². The molecular weight excluding hydrogens is 311 g/mol. The van der Waals surface area contributed by atoms with E-state index in [0.29, 0.717) is 3.79 Å². The van der Waals surface area contributed by atoms with Crippen LogP contribution in [0.2, 0.25) is 0 Å². The van der Waals surface area contributed by atoms with E-state index < -0.39 is 0 Å². The standard InChI is InChI=1S/C14H25IO/c1-2-3-4-5-6-7-8-9-10-11-12-13-14(15)16/h2H,1,3-13H2. The lowest BCUT2D eigenvalue weighted by Gasteiger charge is -2.01. The van der Waals surface area contributed by atoms with Crippen LogP contribution >= 0.6 is 22.6 Å². The van der Waals surface area contributed by atoms with Crippen LogP contribution < -0.4 is 0 Å². The van der Waals surface area contributed by atoms with Crippen LogP contribution in [-0.2, 0) is 4.79 Å². The van der Waals surface area contributed by atoms with Crippen LogP contribution in [0.5, 0.6) is 0 Å². The van der Waals surface area contributed by atoms with E-state index in [4.69, 9.17) is 0 Å². The van der Waals surface area contributed by atoms with Gasteiger partial charge in [0.1, 0.15) is 0 Å². The summed E-state index contributed by atoms with van der Waals surface area (Å²) in [4.78, 5) is 10.7. The Morgan fingerprint density at radius 1 is 0.875 bits per heavy atom. The lowest BCUT2D eigenvalue weighted by molar-refractivity contribution is -0.109. The number of halogens is 1. The summed E-state index contributed by atoms with van der Waals surface area (Å²) in [6.07, 6.45) is 15.7. The van der Waals surface area contributed by atoms with Crippen LogP contribution in [0.25, 0.3) is 0 Å². The fourth-order valence-electron chi connectivity index (χ4n) is 1.79. The Labute approximate surface area is 114 Å². The third-order valence-corrected chi connectivity index (χ3v) is 3.32. The number of carbonyl (C=O) groups is 1. The molecule has 0 aromatic carbocycles. The smallest absolute Gasteiger partial charge is 0.192 e. The molecule has 0 aromatic heterocycles. The summed E-state index contributed by atoms with van der Waals surface area (Å²) in [5, 5.41) is 0. The van der Waals surface area contributed by atoms with Crippen LogP contribution in [0.1, 0.15) is 70.6 Å². The first-order valence-electron chi connectivity index (χ1n) is 6.56. The second kappa shape index (κ2) is 13.2. The summed E-state index contributed by atoms with van der Waals surface area (Å²) in [7, 11) is 0. The molecule has 0 aliphatic carbocycles. The molecule has 0 bridgehead atoms. The van der Waals surface area contributed by atoms with Gasteiger partial charge in [-0.3, -0.25) is 4.79 Å². The van der Waals surface area contributed by atoms with E-state index in [1.54, 1.807) is 0 Å². The Morgan fingerprint density at radius 2 is 1.31 bits per heavy atom. The lowest BCUT2D eigenvalue weighted by Crippen LogP contribution is -1.86. The topological polar surface area (TPSA) is 17.1 Å². The van der Waals surface area contributed by atoms with Gasteiger partial charge in [-0.25, -0.2) is 0 Å². The largest absolute Gasteiger partial charge is 0.288 e. The number of hydrogen-bond donors (Lipinski definition) is 0. The van der Waals surface area contributed by atoms with Gasteiger partial charge >= 0.3 is 0 Å². The zero-order valence-electron chi connectivity index (χ0n) is 10.3. The van der Waals surface area contributed by atoms with Crippen LogP contribution in [-0.4, -0.2) is 3.79 Å². The van der Waals surface area contributed by atoms with Crippen molar-refractivity contribution in [2.24, 2.45) is 0 Å². The predicted octanol–water partition coefficient (Wildman–Crippen LogP) is 5.43. The zero-order chi connectivity index (χ0) is 12.1. The lowest BCUT2D eigenvalue weighted by atomic mass is 10.1. The minimum absolute atomic E-state index is 0.305. The van der Waals surface area contributed by atoms with Crippen molar-refractivity contribution >= 4 is 26.4 Å². The molecule has 0 saturated carbocycles. The third-order valence-electron chi connectivity index (χ3n) is 2.78. The Morgan fingerprint density at radius 3 is 1.75 bits per heavy atom. The summed E-state index contributed by atoms with van der Waals surface area (Å²) < 4.78 is 0.305. The summed E-state index contributed by atoms with van der Waals surface area (Å²) in [6.45, 7) is 3.72. The monoisotopic (exact) mass is 336 g/mol. The molecule has 0 fully saturated rings. The molecule has 0 N–H and O–H groups in total. The van der Waals surface area contributed by atoms with Crippen molar-refractivity contribution in [1.82, 2.24) is 0 Å². The molecule has 0 aromatic rings. The molecule has 1 nitrogen and oxygen atoms in total. The Kier molecular flexibility index (Phi) is 13.3. The maximum absolute atomic E-state index is 10.7. The van der Waals surface area contributed by atoms with Crippen LogP contribution in [0.15, 0.2) is 12.7 Å². The maximum atomic E-state index is 10.7. The molecule has 0 atom stereocenters. The molecule has 0 amide bonds. The highest BCUT2D eigenvalue weighted by molar-refractivity contribution is 14.1. The van der Waals surface area contributed by atoms with Crippen molar-refractivity contribution in [2.45, 2.75) is 70.6 Å². The number of hydrogen-bond acceptors (Lipinski definition) is 1. The summed E-state index contributed by atoms with van der Waals surface area (Å²) in [5.74, 6) is 0. The third kappa shape index (κ3) is 14.1. The molecule has 0 rings (SSSR count). The van der Waals surface area contributed by atoms with Crippen molar-refractivity contribution in [3.05, 3.63) is 12.7 Å². The molecule has 0 radical (unpaired) electrons. The molecule has 0 unspecified atom stereocenters. The number of rotatable bonds is 12. The van der Waals surface area contributed by atoms with Crippen molar-refractivity contribution in [1.29, 1.82) is 0 Å². The first-order valence-corrected chi connectivity index (χ1v) is 7.64. The van der Waals surface area contributed by atoms with Gasteiger partial charge in [0.15, 0.2) is 3.79 Å². The number of unbranched alkanes of at least 4 members (excludes halogenated alkanes) is 9. The Bertz CT molecular complexity index is 178. The minimum Gasteiger partial charge on any atom is -0.288 e. The molecule has 0 aliphatic heterocycles. The van der Waals surface area contributed by atoms with Gasteiger partial charge < -0.3 is 0 Å². The van der Waals surface area contributed by atoms with Gasteiger partial charge in [-0.05, 0) is 41.9 Å². The van der Waals surface area contributed by atoms with Gasteiger partial charge in [0.05, 0.1) is 0 Å². The van der Waals surface area contributed by atoms with E-state index in [2.05, 4.69) is 6.58 Å². The second-order valence-corrected chi connectivity index (χ2v) is 5.57. The van der Waals surface area contributed by atoms with Gasteiger partial charge in [0.25, 0.3) is 0 Å². The van der Waals surface area contributed by atoms with Crippen molar-refractivity contribution < 1.29 is 4.79 Å². The molecule has 16 heavy (non-hydrogen) atoms. The van der Waals surface area contributed by atoms with Crippen LogP contribution in [0.3, 0.4) is 0 Å². The van der Waals surface area contributed by atoms with Gasteiger partial charge in [-0.1, -0.05) is 51.0 Å². The number of carbonyl (C=O) groups excluding carboxylic acids is 1. The summed E-state index contributed by atoms with van der Waals surface area (Å²) in [6, 6.07) is 0. The van der Waals surface area contributed by atoms with Crippen molar-refractivity contribution in [3.8, 4) is 0 Å². The van der Waals surface area contributed by atoms with E-state index in [0.717, 1.165) is 12.8 Å². The highest BCUT2D eigenvalue weighted by Crippen LogP contribution is 2.12. The molecule has 0 saturated heterocycles. The second-order valence-electron chi connectivity index (χ2n) is 4.36. The highest BCUT2D eigenvalue weighted by Gasteiger charge is 1.95. The van der Waals surface area contributed by atoms with Crippen LogP contribution in [0, 0.1) is 0 Å². The van der Waals surface area contributed by atoms with Crippen molar-refractivity contribution in [2.75, 3.05) is 0 Å². The quantitative estimate of drug-likeness (QED) is 0.201. The summed E-state index contributed by atoms with van der Waals surface area (Å²) >= 11 is 1.89. The Hall–Kier alpha value is 0.140. The summed E-state index contributed by atoms with van der Waals surface area (Å²) in [5.41, 5.74) is 0. The van der Waals surface area contributed by atoms with E-state index >= 15 is 0 Å². The fourth-order valence-corrected chi connectivity index (χ4v) is 2.17. The average molecular weight is 336 g/mol. The van der Waals surface area contributed by atoms with Crippen LogP contribution in [0.4, 0.5) is 0 Å². The minimum atomic E-state index is 0.305. The number of allylic oxidation sites excluding steroid dienone is 1. The van der Waals surface area contributed by atoms with Gasteiger partial charge in [0.2, 0.25) is 0 Å². The molecule has 2 heteroatoms. The first-order chi connectivity index (χ1) is 7.77. The maximum Gasteiger partial charge on any atom is 0.192 e. The van der Waals surface area contributed by atoms with Gasteiger partial charge in [-0.15, -0.1) is 6.58 Å². The Balaban J connectivity index is 2.93. The van der Waals surface area contributed by atoms with Gasteiger partial charge in [-0.2, -0.15) is 0 Å². The molecule has 0 heterocycles. The first kappa shape index (κ1) is 16.1. The SMILES string of the molecule is C=CCCCCCCCCCCCC(=O)I. The van der Waals surface area contributed by atoms with E-state index in [1.165, 1.54) is 57.8 Å². The van der Waals surface area contributed by atoms with Gasteiger partial charge in [0, 0.05) is 6.42 Å². The molecule has 0 spiro atoms. The molecular formula is C14H25IO. The molecule has 94 valence electrons. The normalized spacial score (nSPS) is 10.3. The zero-order valence-corrected chi connectivity index (χ0v) is 12.5. The highest BCUT2D eigenvalue weighted by atomic mass is 127. The van der Waals surface area contributed by atoms with E-state index in [1.807, 2.05) is 28.7 Å². The fraction of sp³-hybridized carbons (Fsp3) is 0.786. The van der Waals surface area contributed by atoms with E-state index in [-0.39, 0.29) is 0 Å². The van der Waals surface area contributed by atoms with E-state index in [9.17, 15) is 4.79 Å². The average Bonchev–Trinajstić information content (AvgIpc) is 2.25. The predicted molar refractivity (Wildman–Crippen MR) is 80.0 cm³/mol.